The SMILES string of the molecule is C=CCN1C(=O)C(=Cc2cc(Br)c(OC(=O)c3cccs3)c(OC)c2)SC1=S. The van der Waals surface area contributed by atoms with Crippen LogP contribution in [0.3, 0.4) is 0 Å². The number of benzene rings is 1. The summed E-state index contributed by atoms with van der Waals surface area (Å²) in [4.78, 5) is 27.2. The first-order chi connectivity index (χ1) is 13.4. The molecule has 0 saturated carbocycles. The molecule has 1 saturated heterocycles. The summed E-state index contributed by atoms with van der Waals surface area (Å²) in [5.74, 6) is 0.00888. The molecule has 1 amide bonds. The Bertz CT molecular complexity index is 985. The summed E-state index contributed by atoms with van der Waals surface area (Å²) in [6.45, 7) is 4.01. The summed E-state index contributed by atoms with van der Waals surface area (Å²) in [6.07, 6.45) is 3.35. The van der Waals surface area contributed by atoms with Crippen LogP contribution in [0.2, 0.25) is 0 Å². The molecule has 0 unspecified atom stereocenters. The van der Waals surface area contributed by atoms with Crippen molar-refractivity contribution in [2.45, 2.75) is 0 Å². The molecule has 28 heavy (non-hydrogen) atoms. The first kappa shape index (κ1) is 20.8. The van der Waals surface area contributed by atoms with Gasteiger partial charge in [-0.2, -0.15) is 0 Å². The number of thiocarbonyl (C=S) groups is 1. The Morgan fingerprint density at radius 3 is 2.86 bits per heavy atom. The number of esters is 1. The van der Waals surface area contributed by atoms with Crippen LogP contribution in [-0.2, 0) is 4.79 Å². The van der Waals surface area contributed by atoms with Gasteiger partial charge in [-0.15, -0.1) is 17.9 Å². The third kappa shape index (κ3) is 4.38. The lowest BCUT2D eigenvalue weighted by molar-refractivity contribution is -0.121. The molecule has 2 heterocycles. The average Bonchev–Trinajstić information content (AvgIpc) is 3.29. The van der Waals surface area contributed by atoms with Gasteiger partial charge in [-0.1, -0.05) is 36.1 Å². The zero-order valence-electron chi connectivity index (χ0n) is 14.6. The maximum absolute atomic E-state index is 12.5. The monoisotopic (exact) mass is 495 g/mol. The summed E-state index contributed by atoms with van der Waals surface area (Å²) in [5, 5.41) is 1.80. The highest BCUT2D eigenvalue weighted by atomic mass is 79.9. The van der Waals surface area contributed by atoms with Gasteiger partial charge in [-0.3, -0.25) is 9.69 Å². The van der Waals surface area contributed by atoms with E-state index in [2.05, 4.69) is 22.5 Å². The number of ether oxygens (including phenoxy) is 2. The molecule has 0 aliphatic carbocycles. The Balaban J connectivity index is 1.89. The maximum Gasteiger partial charge on any atom is 0.353 e. The van der Waals surface area contributed by atoms with Crippen molar-refractivity contribution in [3.05, 3.63) is 62.1 Å². The maximum atomic E-state index is 12.5. The highest BCUT2D eigenvalue weighted by molar-refractivity contribution is 9.10. The van der Waals surface area contributed by atoms with E-state index >= 15 is 0 Å². The van der Waals surface area contributed by atoms with Gasteiger partial charge in [0, 0.05) is 6.54 Å². The zero-order chi connectivity index (χ0) is 20.3. The van der Waals surface area contributed by atoms with Crippen molar-refractivity contribution in [2.24, 2.45) is 0 Å². The van der Waals surface area contributed by atoms with E-state index in [4.69, 9.17) is 21.7 Å². The van der Waals surface area contributed by atoms with Gasteiger partial charge in [0.15, 0.2) is 11.5 Å². The third-order valence-corrected chi connectivity index (χ3v) is 6.47. The topological polar surface area (TPSA) is 55.8 Å². The number of rotatable bonds is 6. The molecule has 0 atom stereocenters. The number of carbonyl (C=O) groups is 2. The van der Waals surface area contributed by atoms with Gasteiger partial charge in [0.2, 0.25) is 0 Å². The number of hydrogen-bond acceptors (Lipinski definition) is 7. The van der Waals surface area contributed by atoms with Gasteiger partial charge in [0.1, 0.15) is 9.20 Å². The molecule has 0 N–H and O–H groups in total. The molecule has 1 fully saturated rings. The predicted octanol–water partition coefficient (Wildman–Crippen LogP) is 5.13. The number of hydrogen-bond donors (Lipinski definition) is 0. The number of thioether (sulfide) groups is 1. The molecule has 0 spiro atoms. The van der Waals surface area contributed by atoms with Crippen molar-refractivity contribution in [3.8, 4) is 11.5 Å². The van der Waals surface area contributed by atoms with Crippen molar-refractivity contribution >= 4 is 73.5 Å². The summed E-state index contributed by atoms with van der Waals surface area (Å²) in [6, 6.07) is 6.91. The van der Waals surface area contributed by atoms with E-state index in [1.807, 2.05) is 0 Å². The van der Waals surface area contributed by atoms with Gasteiger partial charge in [0.25, 0.3) is 5.91 Å². The Labute approximate surface area is 184 Å². The first-order valence-electron chi connectivity index (χ1n) is 7.94. The molecule has 1 aliphatic rings. The Kier molecular flexibility index (Phi) is 6.71. The smallest absolute Gasteiger partial charge is 0.353 e. The molecule has 144 valence electrons. The molecule has 1 aliphatic heterocycles. The minimum Gasteiger partial charge on any atom is -0.493 e. The van der Waals surface area contributed by atoms with Gasteiger partial charge in [-0.25, -0.2) is 4.79 Å². The molecular weight excluding hydrogens is 482 g/mol. The fraction of sp³-hybridized carbons (Fsp3) is 0.105. The second kappa shape index (κ2) is 9.04. The number of halogens is 1. The van der Waals surface area contributed by atoms with Crippen LogP contribution in [0.4, 0.5) is 0 Å². The van der Waals surface area contributed by atoms with Crippen molar-refractivity contribution in [3.63, 3.8) is 0 Å². The summed E-state index contributed by atoms with van der Waals surface area (Å²) in [7, 11) is 1.48. The fourth-order valence-electron chi connectivity index (χ4n) is 2.40. The third-order valence-electron chi connectivity index (χ3n) is 3.65. The summed E-state index contributed by atoms with van der Waals surface area (Å²) < 4.78 is 11.9. The van der Waals surface area contributed by atoms with E-state index in [1.165, 1.54) is 35.1 Å². The Hall–Kier alpha value is -1.94. The van der Waals surface area contributed by atoms with Crippen LogP contribution in [0.15, 0.2) is 51.7 Å². The van der Waals surface area contributed by atoms with Crippen LogP contribution in [0, 0.1) is 0 Å². The quantitative estimate of drug-likeness (QED) is 0.182. The first-order valence-corrected chi connectivity index (χ1v) is 10.8. The van der Waals surface area contributed by atoms with Gasteiger partial charge >= 0.3 is 5.97 Å². The second-order valence-corrected chi connectivity index (χ2v) is 8.96. The normalized spacial score (nSPS) is 15.2. The van der Waals surface area contributed by atoms with Crippen LogP contribution in [0.25, 0.3) is 6.08 Å². The Morgan fingerprint density at radius 1 is 1.43 bits per heavy atom. The molecule has 1 aromatic carbocycles. The van der Waals surface area contributed by atoms with E-state index in [0.29, 0.717) is 36.4 Å². The van der Waals surface area contributed by atoms with Gasteiger partial charge in [0.05, 0.1) is 16.5 Å². The fourth-order valence-corrected chi connectivity index (χ4v) is 4.81. The number of methoxy groups -OCH3 is 1. The van der Waals surface area contributed by atoms with Crippen LogP contribution in [0.1, 0.15) is 15.2 Å². The average molecular weight is 496 g/mol. The van der Waals surface area contributed by atoms with Gasteiger partial charge < -0.3 is 9.47 Å². The summed E-state index contributed by atoms with van der Waals surface area (Å²) >= 11 is 11.2. The van der Waals surface area contributed by atoms with Crippen LogP contribution in [-0.4, -0.2) is 34.8 Å². The lowest BCUT2D eigenvalue weighted by atomic mass is 10.2. The molecule has 3 rings (SSSR count). The minimum absolute atomic E-state index is 0.168. The number of nitrogens with zero attached hydrogens (tertiary/aromatic N) is 1. The Morgan fingerprint density at radius 2 is 2.21 bits per heavy atom. The van der Waals surface area contributed by atoms with E-state index in [0.717, 1.165) is 0 Å². The van der Waals surface area contributed by atoms with Crippen LogP contribution >= 0.6 is 51.2 Å². The minimum atomic E-state index is -0.466. The molecule has 5 nitrogen and oxygen atoms in total. The van der Waals surface area contributed by atoms with Crippen molar-refractivity contribution < 1.29 is 19.1 Å². The standard InChI is InChI=1S/C19H14BrNO4S3/c1-3-6-21-17(22)15(28-19(21)26)10-11-8-12(20)16(13(9-11)24-2)25-18(23)14-5-4-7-27-14/h3-5,7-10H,1,6H2,2H3. The number of amides is 1. The molecule has 0 bridgehead atoms. The number of carbonyl (C=O) groups excluding carboxylic acids is 2. The van der Waals surface area contributed by atoms with Crippen molar-refractivity contribution in [2.75, 3.05) is 13.7 Å². The molecular formula is C19H14BrNO4S3. The second-order valence-electron chi connectivity index (χ2n) is 5.48. The largest absolute Gasteiger partial charge is 0.493 e. The molecule has 1 aromatic heterocycles. The lowest BCUT2D eigenvalue weighted by Gasteiger charge is -2.12. The lowest BCUT2D eigenvalue weighted by Crippen LogP contribution is -2.27. The molecule has 2 aromatic rings. The summed E-state index contributed by atoms with van der Waals surface area (Å²) in [5.41, 5.74) is 0.707. The van der Waals surface area contributed by atoms with Crippen LogP contribution < -0.4 is 9.47 Å². The van der Waals surface area contributed by atoms with Crippen LogP contribution in [0.5, 0.6) is 11.5 Å². The van der Waals surface area contributed by atoms with E-state index in [-0.39, 0.29) is 11.7 Å². The molecule has 0 radical (unpaired) electrons. The van der Waals surface area contributed by atoms with E-state index in [1.54, 1.807) is 41.8 Å². The highest BCUT2D eigenvalue weighted by Crippen LogP contribution is 2.39. The van der Waals surface area contributed by atoms with Crippen molar-refractivity contribution in [1.29, 1.82) is 0 Å². The zero-order valence-corrected chi connectivity index (χ0v) is 18.7. The van der Waals surface area contributed by atoms with Gasteiger partial charge in [-0.05, 0) is 51.1 Å². The number of thiophene rings is 1. The van der Waals surface area contributed by atoms with E-state index < -0.39 is 5.97 Å². The highest BCUT2D eigenvalue weighted by Gasteiger charge is 2.31. The van der Waals surface area contributed by atoms with Crippen molar-refractivity contribution in [1.82, 2.24) is 4.90 Å². The molecule has 9 heteroatoms. The van der Waals surface area contributed by atoms with E-state index in [9.17, 15) is 9.59 Å². The predicted molar refractivity (Wildman–Crippen MR) is 120 cm³/mol.